The largest absolute Gasteiger partial charge is 0.480 e. The minimum Gasteiger partial charge on any atom is -0.480 e. The van der Waals surface area contributed by atoms with Gasteiger partial charge in [0, 0.05) is 16.0 Å². The summed E-state index contributed by atoms with van der Waals surface area (Å²) in [5.74, 6) is 3.76. The van der Waals surface area contributed by atoms with Crippen LogP contribution in [0.5, 0.6) is 5.75 Å². The van der Waals surface area contributed by atoms with Crippen molar-refractivity contribution >= 4 is 33.0 Å². The van der Waals surface area contributed by atoms with E-state index in [-0.39, 0.29) is 18.1 Å². The summed E-state index contributed by atoms with van der Waals surface area (Å²) in [6, 6.07) is 12.9. The van der Waals surface area contributed by atoms with E-state index in [0.717, 1.165) is 16.5 Å². The number of benzene rings is 2. The van der Waals surface area contributed by atoms with Crippen LogP contribution < -0.4 is 10.3 Å². The quantitative estimate of drug-likeness (QED) is 0.419. The Morgan fingerprint density at radius 3 is 2.89 bits per heavy atom. The summed E-state index contributed by atoms with van der Waals surface area (Å²) in [7, 11) is 0. The van der Waals surface area contributed by atoms with Crippen LogP contribution in [0.1, 0.15) is 37.6 Å². The van der Waals surface area contributed by atoms with Gasteiger partial charge in [-0.3, -0.25) is 4.79 Å². The first kappa shape index (κ1) is 19.8. The highest BCUT2D eigenvalue weighted by Gasteiger charge is 2.15. The van der Waals surface area contributed by atoms with Crippen molar-refractivity contribution in [2.45, 2.75) is 26.2 Å². The van der Waals surface area contributed by atoms with Crippen molar-refractivity contribution in [2.24, 2.45) is 5.10 Å². The van der Waals surface area contributed by atoms with Gasteiger partial charge in [-0.15, -0.1) is 6.42 Å². The molecule has 6 heteroatoms. The minimum absolute atomic E-state index is 0.0748. The zero-order valence-electron chi connectivity index (χ0n) is 15.7. The number of ether oxygens (including phenoxy) is 1. The Morgan fingerprint density at radius 2 is 2.14 bits per heavy atom. The van der Waals surface area contributed by atoms with Gasteiger partial charge in [0.05, 0.1) is 17.1 Å². The van der Waals surface area contributed by atoms with E-state index >= 15 is 0 Å². The number of nitrogens with zero attached hydrogens (tertiary/aromatic N) is 3. The maximum Gasteiger partial charge on any atom is 0.282 e. The Kier molecular flexibility index (Phi) is 6.27. The van der Waals surface area contributed by atoms with Gasteiger partial charge in [0.15, 0.2) is 0 Å². The first-order valence-corrected chi connectivity index (χ1v) is 9.76. The number of terminal acetylenes is 1. The lowest BCUT2D eigenvalue weighted by Crippen LogP contribution is -2.23. The van der Waals surface area contributed by atoms with Crippen LogP contribution >= 0.6 is 15.9 Å². The van der Waals surface area contributed by atoms with E-state index in [1.165, 1.54) is 4.68 Å². The lowest BCUT2D eigenvalue weighted by molar-refractivity contribution is 0.370. The SMILES string of the molecule is C#CCOc1ccccc1C=Nn1c([C@H](C)CC)nc2ccc(Br)cc2c1=O. The molecule has 0 aliphatic carbocycles. The summed E-state index contributed by atoms with van der Waals surface area (Å²) < 4.78 is 7.75. The molecular weight excluding hydrogens is 418 g/mol. The van der Waals surface area contributed by atoms with Crippen LogP contribution in [0, 0.1) is 12.3 Å². The van der Waals surface area contributed by atoms with Crippen molar-refractivity contribution in [1.29, 1.82) is 0 Å². The van der Waals surface area contributed by atoms with E-state index in [1.807, 2.05) is 43.3 Å². The van der Waals surface area contributed by atoms with Gasteiger partial charge in [-0.05, 0) is 36.8 Å². The van der Waals surface area contributed by atoms with E-state index < -0.39 is 0 Å². The molecule has 0 unspecified atom stereocenters. The van der Waals surface area contributed by atoms with Crippen LogP contribution in [-0.2, 0) is 0 Å². The molecule has 0 amide bonds. The van der Waals surface area contributed by atoms with Crippen molar-refractivity contribution in [1.82, 2.24) is 9.66 Å². The molecule has 3 rings (SSSR count). The molecule has 0 fully saturated rings. The molecule has 0 aliphatic heterocycles. The lowest BCUT2D eigenvalue weighted by Gasteiger charge is -2.14. The molecule has 1 heterocycles. The fourth-order valence-electron chi connectivity index (χ4n) is 2.74. The molecule has 1 atom stereocenters. The molecule has 0 saturated carbocycles. The molecule has 1 aromatic heterocycles. The molecule has 0 N–H and O–H groups in total. The molecule has 142 valence electrons. The molecule has 0 aliphatic rings. The van der Waals surface area contributed by atoms with Crippen LogP contribution in [0.25, 0.3) is 10.9 Å². The van der Waals surface area contributed by atoms with E-state index in [9.17, 15) is 4.79 Å². The normalized spacial score (nSPS) is 12.2. The molecule has 0 spiro atoms. The van der Waals surface area contributed by atoms with E-state index in [4.69, 9.17) is 16.1 Å². The van der Waals surface area contributed by atoms with Crippen molar-refractivity contribution < 1.29 is 4.74 Å². The molecular formula is C22H20BrN3O2. The summed E-state index contributed by atoms with van der Waals surface area (Å²) in [6.07, 6.45) is 7.72. The van der Waals surface area contributed by atoms with E-state index in [2.05, 4.69) is 33.9 Å². The van der Waals surface area contributed by atoms with Crippen molar-refractivity contribution in [2.75, 3.05) is 6.61 Å². The smallest absolute Gasteiger partial charge is 0.282 e. The Labute approximate surface area is 172 Å². The second-order valence-electron chi connectivity index (χ2n) is 6.33. The highest BCUT2D eigenvalue weighted by atomic mass is 79.9. The number of aromatic nitrogens is 2. The number of halogens is 1. The highest BCUT2D eigenvalue weighted by Crippen LogP contribution is 2.21. The van der Waals surface area contributed by atoms with Crippen molar-refractivity contribution in [3.63, 3.8) is 0 Å². The highest BCUT2D eigenvalue weighted by molar-refractivity contribution is 9.10. The van der Waals surface area contributed by atoms with Gasteiger partial charge in [-0.1, -0.05) is 47.8 Å². The molecule has 5 nitrogen and oxygen atoms in total. The Bertz CT molecular complexity index is 1130. The zero-order valence-corrected chi connectivity index (χ0v) is 17.3. The third-order valence-corrected chi connectivity index (χ3v) is 4.92. The number of rotatable bonds is 6. The number of hydrogen-bond donors (Lipinski definition) is 0. The summed E-state index contributed by atoms with van der Waals surface area (Å²) in [6.45, 7) is 4.25. The van der Waals surface area contributed by atoms with Crippen LogP contribution in [0.3, 0.4) is 0 Å². The standard InChI is InChI=1S/C22H20BrN3O2/c1-4-12-28-20-9-7-6-8-16(20)14-24-26-21(15(3)5-2)25-19-11-10-17(23)13-18(19)22(26)27/h1,6-11,13-15H,5,12H2,2-3H3/t15-/m1/s1. The zero-order chi connectivity index (χ0) is 20.1. The van der Waals surface area contributed by atoms with Gasteiger partial charge >= 0.3 is 0 Å². The molecule has 0 bridgehead atoms. The van der Waals surface area contributed by atoms with Crippen molar-refractivity contribution in [3.05, 3.63) is 68.7 Å². The number of hydrogen-bond acceptors (Lipinski definition) is 4. The second kappa shape index (κ2) is 8.85. The topological polar surface area (TPSA) is 56.5 Å². The van der Waals surface area contributed by atoms with Gasteiger partial charge < -0.3 is 4.74 Å². The maximum absolute atomic E-state index is 13.1. The van der Waals surface area contributed by atoms with E-state index in [0.29, 0.717) is 22.5 Å². The van der Waals surface area contributed by atoms with Gasteiger partial charge in [-0.2, -0.15) is 9.78 Å². The third-order valence-electron chi connectivity index (χ3n) is 4.43. The molecule has 28 heavy (non-hydrogen) atoms. The molecule has 3 aromatic rings. The molecule has 0 saturated heterocycles. The van der Waals surface area contributed by atoms with Crippen molar-refractivity contribution in [3.8, 4) is 18.1 Å². The van der Waals surface area contributed by atoms with Crippen LogP contribution in [-0.4, -0.2) is 22.5 Å². The van der Waals surface area contributed by atoms with Crippen LogP contribution in [0.4, 0.5) is 0 Å². The average Bonchev–Trinajstić information content (AvgIpc) is 2.71. The average molecular weight is 438 g/mol. The Hall–Kier alpha value is -2.91. The first-order chi connectivity index (χ1) is 13.5. The van der Waals surface area contributed by atoms with Gasteiger partial charge in [-0.25, -0.2) is 4.98 Å². The van der Waals surface area contributed by atoms with Gasteiger partial charge in [0.1, 0.15) is 18.2 Å². The summed E-state index contributed by atoms with van der Waals surface area (Å²) in [5, 5.41) is 4.97. The van der Waals surface area contributed by atoms with E-state index in [1.54, 1.807) is 12.3 Å². The predicted octanol–water partition coefficient (Wildman–Crippen LogP) is 4.57. The summed E-state index contributed by atoms with van der Waals surface area (Å²) >= 11 is 3.41. The fourth-order valence-corrected chi connectivity index (χ4v) is 3.10. The number of para-hydroxylation sites is 1. The summed E-state index contributed by atoms with van der Waals surface area (Å²) in [5.41, 5.74) is 1.18. The number of fused-ring (bicyclic) bond motifs is 1. The molecule has 0 radical (unpaired) electrons. The second-order valence-corrected chi connectivity index (χ2v) is 7.25. The third kappa shape index (κ3) is 4.15. The minimum atomic E-state index is -0.208. The Morgan fingerprint density at radius 1 is 1.36 bits per heavy atom. The Balaban J connectivity index is 2.14. The van der Waals surface area contributed by atoms with Crippen LogP contribution in [0.2, 0.25) is 0 Å². The van der Waals surface area contributed by atoms with Gasteiger partial charge in [0.2, 0.25) is 0 Å². The maximum atomic E-state index is 13.1. The fraction of sp³-hybridized carbons (Fsp3) is 0.227. The van der Waals surface area contributed by atoms with Gasteiger partial charge in [0.25, 0.3) is 5.56 Å². The molecule has 2 aromatic carbocycles. The summed E-state index contributed by atoms with van der Waals surface area (Å²) in [4.78, 5) is 17.8. The van der Waals surface area contributed by atoms with Crippen LogP contribution in [0.15, 0.2) is 56.8 Å². The first-order valence-electron chi connectivity index (χ1n) is 8.97. The lowest BCUT2D eigenvalue weighted by atomic mass is 10.1. The monoisotopic (exact) mass is 437 g/mol. The predicted molar refractivity (Wildman–Crippen MR) is 116 cm³/mol.